The largest absolute Gasteiger partial charge is 0.497 e. The van der Waals surface area contributed by atoms with Crippen molar-refractivity contribution in [1.29, 1.82) is 0 Å². The smallest absolute Gasteiger partial charge is 0.248 e. The summed E-state index contributed by atoms with van der Waals surface area (Å²) in [7, 11) is 6.69. The summed E-state index contributed by atoms with van der Waals surface area (Å²) in [5.74, 6) is 1.35. The van der Waals surface area contributed by atoms with Crippen molar-refractivity contribution in [3.63, 3.8) is 0 Å². The molecule has 1 aliphatic heterocycles. The van der Waals surface area contributed by atoms with Crippen molar-refractivity contribution in [3.8, 4) is 11.5 Å². The third-order valence-corrected chi connectivity index (χ3v) is 3.07. The average Bonchev–Trinajstić information content (AvgIpc) is 2.61. The molecule has 1 aromatic carbocycles. The summed E-state index contributed by atoms with van der Waals surface area (Å²) < 4.78 is 10.5. The van der Waals surface area contributed by atoms with E-state index in [1.54, 1.807) is 39.3 Å². The van der Waals surface area contributed by atoms with Crippen molar-refractivity contribution in [2.45, 2.75) is 6.04 Å². The number of likely N-dealkylation sites (N-methyl/N-ethyl adjacent to an activating group) is 2. The van der Waals surface area contributed by atoms with Crippen LogP contribution in [0.15, 0.2) is 12.1 Å². The van der Waals surface area contributed by atoms with Crippen molar-refractivity contribution in [2.24, 2.45) is 0 Å². The maximum absolute atomic E-state index is 12.0. The molecule has 0 spiro atoms. The molecule has 0 saturated carbocycles. The highest BCUT2D eigenvalue weighted by molar-refractivity contribution is 6.05. The molecule has 0 saturated heterocycles. The molecule has 0 radical (unpaired) electrons. The van der Waals surface area contributed by atoms with Crippen LogP contribution in [-0.4, -0.2) is 34.2 Å². The van der Waals surface area contributed by atoms with Crippen LogP contribution in [0, 0.1) is 0 Å². The zero-order chi connectivity index (χ0) is 12.6. The Kier molecular flexibility index (Phi) is 2.93. The second-order valence-corrected chi connectivity index (χ2v) is 3.88. The highest BCUT2D eigenvalue weighted by Gasteiger charge is 2.37. The number of nitrogens with one attached hydrogen (secondary N) is 1. The zero-order valence-electron chi connectivity index (χ0n) is 10.4. The molecule has 1 heterocycles. The maximum atomic E-state index is 12.0. The van der Waals surface area contributed by atoms with Gasteiger partial charge in [0.1, 0.15) is 17.5 Å². The maximum Gasteiger partial charge on any atom is 0.248 e. The van der Waals surface area contributed by atoms with E-state index in [0.717, 1.165) is 11.3 Å². The second kappa shape index (κ2) is 4.25. The summed E-state index contributed by atoms with van der Waals surface area (Å²) in [6, 6.07) is 3.28. The number of hydrogen-bond acceptors (Lipinski definition) is 4. The van der Waals surface area contributed by atoms with Crippen molar-refractivity contribution in [1.82, 2.24) is 5.32 Å². The Hall–Kier alpha value is -1.75. The molecular weight excluding hydrogens is 220 g/mol. The first-order valence-corrected chi connectivity index (χ1v) is 5.34. The first kappa shape index (κ1) is 11.7. The second-order valence-electron chi connectivity index (χ2n) is 3.88. The highest BCUT2D eigenvalue weighted by atomic mass is 16.5. The number of anilines is 1. The quantitative estimate of drug-likeness (QED) is 0.848. The molecule has 2 rings (SSSR count). The van der Waals surface area contributed by atoms with Crippen molar-refractivity contribution in [3.05, 3.63) is 17.7 Å². The van der Waals surface area contributed by atoms with Gasteiger partial charge in [0.05, 0.1) is 19.9 Å². The Bertz CT molecular complexity index is 459. The number of nitrogens with zero attached hydrogens (tertiary/aromatic N) is 1. The fourth-order valence-corrected chi connectivity index (χ4v) is 2.15. The minimum absolute atomic E-state index is 0.00838. The highest BCUT2D eigenvalue weighted by Crippen LogP contribution is 2.43. The van der Waals surface area contributed by atoms with Crippen LogP contribution in [0.2, 0.25) is 0 Å². The van der Waals surface area contributed by atoms with Gasteiger partial charge < -0.3 is 19.7 Å². The number of methoxy groups -OCH3 is 2. The van der Waals surface area contributed by atoms with Crippen molar-refractivity contribution in [2.75, 3.05) is 33.2 Å². The van der Waals surface area contributed by atoms with Crippen molar-refractivity contribution >= 4 is 11.6 Å². The van der Waals surface area contributed by atoms with Gasteiger partial charge in [-0.2, -0.15) is 0 Å². The number of carbonyl (C=O) groups is 1. The molecule has 5 nitrogen and oxygen atoms in total. The molecule has 1 aliphatic rings. The van der Waals surface area contributed by atoms with E-state index in [9.17, 15) is 4.79 Å². The van der Waals surface area contributed by atoms with Crippen molar-refractivity contribution < 1.29 is 14.3 Å². The summed E-state index contributed by atoms with van der Waals surface area (Å²) >= 11 is 0. The van der Waals surface area contributed by atoms with Gasteiger partial charge in [0.2, 0.25) is 5.91 Å². The van der Waals surface area contributed by atoms with Gasteiger partial charge in [-0.25, -0.2) is 0 Å². The number of ether oxygens (including phenoxy) is 2. The first-order valence-electron chi connectivity index (χ1n) is 5.34. The molecule has 1 amide bonds. The SMILES string of the molecule is CNC1C(=O)N(C)c2cc(OC)cc(OC)c21. The lowest BCUT2D eigenvalue weighted by Gasteiger charge is -2.13. The van der Waals surface area contributed by atoms with Gasteiger partial charge in [-0.3, -0.25) is 4.79 Å². The van der Waals surface area contributed by atoms with Gasteiger partial charge in [-0.15, -0.1) is 0 Å². The van der Waals surface area contributed by atoms with Gasteiger partial charge >= 0.3 is 0 Å². The molecule has 0 aromatic heterocycles. The summed E-state index contributed by atoms with van der Waals surface area (Å²) in [4.78, 5) is 13.6. The number of rotatable bonds is 3. The lowest BCUT2D eigenvalue weighted by molar-refractivity contribution is -0.119. The molecule has 0 aliphatic carbocycles. The molecule has 1 N–H and O–H groups in total. The van der Waals surface area contributed by atoms with Crippen LogP contribution in [0.5, 0.6) is 11.5 Å². The zero-order valence-corrected chi connectivity index (χ0v) is 10.4. The number of hydrogen-bond donors (Lipinski definition) is 1. The molecule has 0 fully saturated rings. The van der Waals surface area contributed by atoms with E-state index >= 15 is 0 Å². The predicted octanol–water partition coefficient (Wildman–Crippen LogP) is 0.941. The lowest BCUT2D eigenvalue weighted by Crippen LogP contribution is -2.30. The molecule has 1 aromatic rings. The van der Waals surface area contributed by atoms with E-state index in [2.05, 4.69) is 5.32 Å². The lowest BCUT2D eigenvalue weighted by atomic mass is 10.1. The number of amides is 1. The minimum atomic E-state index is -0.351. The van der Waals surface area contributed by atoms with Crippen LogP contribution < -0.4 is 19.7 Å². The van der Waals surface area contributed by atoms with E-state index in [0.29, 0.717) is 11.5 Å². The third-order valence-electron chi connectivity index (χ3n) is 3.07. The van der Waals surface area contributed by atoms with Crippen LogP contribution >= 0.6 is 0 Å². The number of benzene rings is 1. The topological polar surface area (TPSA) is 50.8 Å². The average molecular weight is 236 g/mol. The monoisotopic (exact) mass is 236 g/mol. The summed E-state index contributed by atoms with van der Waals surface area (Å²) in [6.07, 6.45) is 0. The van der Waals surface area contributed by atoms with Crippen LogP contribution in [0.3, 0.4) is 0 Å². The number of fused-ring (bicyclic) bond motifs is 1. The Morgan fingerprint density at radius 2 is 2.00 bits per heavy atom. The molecule has 17 heavy (non-hydrogen) atoms. The van der Waals surface area contributed by atoms with Crippen LogP contribution in [0.4, 0.5) is 5.69 Å². The minimum Gasteiger partial charge on any atom is -0.497 e. The standard InChI is InChI=1S/C12H16N2O3/c1-13-11-10-8(14(2)12(11)15)5-7(16-3)6-9(10)17-4/h5-6,11,13H,1-4H3. The van der Waals surface area contributed by atoms with Crippen LogP contribution in [0.25, 0.3) is 0 Å². The van der Waals surface area contributed by atoms with E-state index < -0.39 is 0 Å². The Balaban J connectivity index is 2.63. The summed E-state index contributed by atoms with van der Waals surface area (Å²) in [5.41, 5.74) is 1.69. The van der Waals surface area contributed by atoms with E-state index in [1.807, 2.05) is 6.07 Å². The number of carbonyl (C=O) groups excluding carboxylic acids is 1. The first-order chi connectivity index (χ1) is 8.13. The Morgan fingerprint density at radius 1 is 1.29 bits per heavy atom. The normalized spacial score (nSPS) is 18.2. The summed E-state index contributed by atoms with van der Waals surface area (Å²) in [6.45, 7) is 0. The fourth-order valence-electron chi connectivity index (χ4n) is 2.15. The Labute approximate surface area is 100 Å². The molecular formula is C12H16N2O3. The van der Waals surface area contributed by atoms with Gasteiger partial charge in [-0.1, -0.05) is 0 Å². The van der Waals surface area contributed by atoms with Gasteiger partial charge in [0, 0.05) is 24.7 Å². The van der Waals surface area contributed by atoms with Gasteiger partial charge in [0.15, 0.2) is 0 Å². The molecule has 0 bridgehead atoms. The predicted molar refractivity (Wildman–Crippen MR) is 64.8 cm³/mol. The van der Waals surface area contributed by atoms with E-state index in [1.165, 1.54) is 0 Å². The van der Waals surface area contributed by atoms with Gasteiger partial charge in [0.25, 0.3) is 0 Å². The Morgan fingerprint density at radius 3 is 2.53 bits per heavy atom. The van der Waals surface area contributed by atoms with Crippen LogP contribution in [0.1, 0.15) is 11.6 Å². The third kappa shape index (κ3) is 1.63. The van der Waals surface area contributed by atoms with E-state index in [4.69, 9.17) is 9.47 Å². The van der Waals surface area contributed by atoms with Crippen LogP contribution in [-0.2, 0) is 4.79 Å². The molecule has 92 valence electrons. The molecule has 1 atom stereocenters. The van der Waals surface area contributed by atoms with E-state index in [-0.39, 0.29) is 11.9 Å². The molecule has 5 heteroatoms. The molecule has 1 unspecified atom stereocenters. The summed E-state index contributed by atoms with van der Waals surface area (Å²) in [5, 5.41) is 3.00. The van der Waals surface area contributed by atoms with Gasteiger partial charge in [-0.05, 0) is 7.05 Å². The fraction of sp³-hybridized carbons (Fsp3) is 0.417.